The van der Waals surface area contributed by atoms with Crippen molar-refractivity contribution in [3.8, 4) is 0 Å². The van der Waals surface area contributed by atoms with E-state index in [4.69, 9.17) is 5.73 Å². The summed E-state index contributed by atoms with van der Waals surface area (Å²) >= 11 is 1.66. The number of nitrogens with zero attached hydrogens (tertiary/aromatic N) is 4. The molecular formula is C23H27N5OS. The summed E-state index contributed by atoms with van der Waals surface area (Å²) in [6.07, 6.45) is 8.25. The topological polar surface area (TPSA) is 75.4 Å². The molecule has 7 heteroatoms. The number of thiazole rings is 1. The van der Waals surface area contributed by atoms with Crippen molar-refractivity contribution in [1.29, 1.82) is 0 Å². The molecule has 0 radical (unpaired) electrons. The van der Waals surface area contributed by atoms with E-state index in [1.807, 2.05) is 49.5 Å². The molecule has 1 amide bonds. The van der Waals surface area contributed by atoms with Crippen molar-refractivity contribution in [2.75, 3.05) is 22.9 Å². The molecule has 1 aliphatic rings. The zero-order valence-corrected chi connectivity index (χ0v) is 18.0. The second-order valence-corrected chi connectivity index (χ2v) is 8.83. The van der Waals surface area contributed by atoms with Crippen molar-refractivity contribution in [2.24, 2.45) is 5.73 Å². The van der Waals surface area contributed by atoms with E-state index >= 15 is 0 Å². The summed E-state index contributed by atoms with van der Waals surface area (Å²) in [6, 6.07) is 11.2. The lowest BCUT2D eigenvalue weighted by Gasteiger charge is -2.25. The number of aromatic nitrogens is 2. The molecule has 1 atom stereocenters. The standard InChI is InChI=1S/C23H27N5OS/c1-17-6-8-19(9-7-17)28(22(29)21(24)13-18-5-4-10-25-14-18)16-20-15-26-23(30-20)27-11-2-3-12-27/h4-10,14-15,21H,2-3,11-13,16,24H2,1H3/t21-/m0/s1. The van der Waals surface area contributed by atoms with E-state index in [1.165, 1.54) is 12.8 Å². The molecule has 2 aromatic heterocycles. The molecule has 0 saturated carbocycles. The third-order valence-corrected chi connectivity index (χ3v) is 6.38. The molecule has 3 heterocycles. The Bertz CT molecular complexity index is 967. The first-order valence-electron chi connectivity index (χ1n) is 10.3. The number of benzene rings is 1. The summed E-state index contributed by atoms with van der Waals surface area (Å²) in [5, 5.41) is 1.04. The van der Waals surface area contributed by atoms with E-state index in [1.54, 1.807) is 28.6 Å². The lowest BCUT2D eigenvalue weighted by atomic mass is 10.1. The highest BCUT2D eigenvalue weighted by atomic mass is 32.1. The lowest BCUT2D eigenvalue weighted by Crippen LogP contribution is -2.44. The van der Waals surface area contributed by atoms with Crippen molar-refractivity contribution in [2.45, 2.75) is 38.8 Å². The van der Waals surface area contributed by atoms with Crippen LogP contribution in [0.15, 0.2) is 55.0 Å². The lowest BCUT2D eigenvalue weighted by molar-refractivity contribution is -0.119. The first-order chi connectivity index (χ1) is 14.6. The van der Waals surface area contributed by atoms with Gasteiger partial charge in [0.2, 0.25) is 5.91 Å². The molecular weight excluding hydrogens is 394 g/mol. The van der Waals surface area contributed by atoms with Gasteiger partial charge in [0, 0.05) is 42.2 Å². The normalized spacial score (nSPS) is 14.7. The summed E-state index contributed by atoms with van der Waals surface area (Å²) in [4.78, 5) is 27.2. The minimum Gasteiger partial charge on any atom is -0.348 e. The molecule has 0 aliphatic carbocycles. The van der Waals surface area contributed by atoms with Crippen molar-refractivity contribution < 1.29 is 4.79 Å². The predicted molar refractivity (Wildman–Crippen MR) is 122 cm³/mol. The van der Waals surface area contributed by atoms with Crippen LogP contribution in [0, 0.1) is 6.92 Å². The van der Waals surface area contributed by atoms with Crippen LogP contribution >= 0.6 is 11.3 Å². The van der Waals surface area contributed by atoms with Gasteiger partial charge in [-0.3, -0.25) is 9.78 Å². The van der Waals surface area contributed by atoms with Gasteiger partial charge in [0.15, 0.2) is 5.13 Å². The maximum absolute atomic E-state index is 13.4. The van der Waals surface area contributed by atoms with Crippen LogP contribution in [-0.2, 0) is 17.8 Å². The van der Waals surface area contributed by atoms with E-state index in [0.717, 1.165) is 39.9 Å². The van der Waals surface area contributed by atoms with E-state index in [9.17, 15) is 4.79 Å². The highest BCUT2D eigenvalue weighted by Gasteiger charge is 2.24. The van der Waals surface area contributed by atoms with Gasteiger partial charge in [-0.25, -0.2) is 4.98 Å². The number of hydrogen-bond acceptors (Lipinski definition) is 6. The third-order valence-electron chi connectivity index (χ3n) is 5.34. The molecule has 1 aliphatic heterocycles. The molecule has 156 valence electrons. The number of carbonyl (C=O) groups is 1. The van der Waals surface area contributed by atoms with Crippen LogP contribution in [-0.4, -0.2) is 35.0 Å². The van der Waals surface area contributed by atoms with Gasteiger partial charge in [0.1, 0.15) is 0 Å². The second-order valence-electron chi connectivity index (χ2n) is 7.74. The Labute approximate surface area is 181 Å². The van der Waals surface area contributed by atoms with Crippen LogP contribution in [0.25, 0.3) is 0 Å². The number of amides is 1. The van der Waals surface area contributed by atoms with E-state index in [-0.39, 0.29) is 5.91 Å². The van der Waals surface area contributed by atoms with Crippen molar-refractivity contribution in [3.05, 3.63) is 71.0 Å². The SMILES string of the molecule is Cc1ccc(N(Cc2cnc(N3CCCC3)s2)C(=O)[C@@H](N)Cc2cccnc2)cc1. The number of aryl methyl sites for hydroxylation is 1. The summed E-state index contributed by atoms with van der Waals surface area (Å²) < 4.78 is 0. The second kappa shape index (κ2) is 9.36. The predicted octanol–water partition coefficient (Wildman–Crippen LogP) is 3.55. The summed E-state index contributed by atoms with van der Waals surface area (Å²) in [7, 11) is 0. The molecule has 2 N–H and O–H groups in total. The Morgan fingerprint density at radius 2 is 1.97 bits per heavy atom. The van der Waals surface area contributed by atoms with Crippen LogP contribution in [0.2, 0.25) is 0 Å². The van der Waals surface area contributed by atoms with E-state index in [2.05, 4.69) is 14.9 Å². The monoisotopic (exact) mass is 421 g/mol. The van der Waals surface area contributed by atoms with E-state index in [0.29, 0.717) is 13.0 Å². The highest BCUT2D eigenvalue weighted by molar-refractivity contribution is 7.15. The minimum atomic E-state index is -0.638. The van der Waals surface area contributed by atoms with Crippen LogP contribution in [0.1, 0.15) is 28.8 Å². The minimum absolute atomic E-state index is 0.0983. The van der Waals surface area contributed by atoms with Crippen LogP contribution in [0.5, 0.6) is 0 Å². The Balaban J connectivity index is 1.54. The average molecular weight is 422 g/mol. The Hall–Kier alpha value is -2.77. The zero-order valence-electron chi connectivity index (χ0n) is 17.2. The maximum Gasteiger partial charge on any atom is 0.244 e. The van der Waals surface area contributed by atoms with Gasteiger partial charge in [-0.15, -0.1) is 11.3 Å². The van der Waals surface area contributed by atoms with Gasteiger partial charge in [0.05, 0.1) is 12.6 Å². The third kappa shape index (κ3) is 4.86. The molecule has 0 bridgehead atoms. The van der Waals surface area contributed by atoms with Crippen molar-refractivity contribution >= 4 is 28.1 Å². The summed E-state index contributed by atoms with van der Waals surface area (Å²) in [6.45, 7) is 4.62. The van der Waals surface area contributed by atoms with Gasteiger partial charge in [-0.2, -0.15) is 0 Å². The number of anilines is 2. The fourth-order valence-corrected chi connectivity index (χ4v) is 4.61. The number of carbonyl (C=O) groups excluding carboxylic acids is 1. The molecule has 0 spiro atoms. The van der Waals surface area contributed by atoms with Crippen molar-refractivity contribution in [3.63, 3.8) is 0 Å². The van der Waals surface area contributed by atoms with Crippen LogP contribution < -0.4 is 15.5 Å². The van der Waals surface area contributed by atoms with Gasteiger partial charge in [0.25, 0.3) is 0 Å². The molecule has 4 rings (SSSR count). The molecule has 30 heavy (non-hydrogen) atoms. The molecule has 6 nitrogen and oxygen atoms in total. The fraction of sp³-hybridized carbons (Fsp3) is 0.348. The largest absolute Gasteiger partial charge is 0.348 e. The Morgan fingerprint density at radius 3 is 2.67 bits per heavy atom. The van der Waals surface area contributed by atoms with Gasteiger partial charge in [-0.1, -0.05) is 23.8 Å². The Morgan fingerprint density at radius 1 is 1.20 bits per heavy atom. The first-order valence-corrected chi connectivity index (χ1v) is 11.1. The fourth-order valence-electron chi connectivity index (χ4n) is 3.66. The molecule has 0 unspecified atom stereocenters. The molecule has 1 saturated heterocycles. The summed E-state index contributed by atoms with van der Waals surface area (Å²) in [5.74, 6) is -0.0983. The molecule has 1 aromatic carbocycles. The zero-order chi connectivity index (χ0) is 20.9. The number of rotatable bonds is 7. The van der Waals surface area contributed by atoms with Gasteiger partial charge >= 0.3 is 0 Å². The number of nitrogens with two attached hydrogens (primary N) is 1. The van der Waals surface area contributed by atoms with Crippen LogP contribution in [0.3, 0.4) is 0 Å². The average Bonchev–Trinajstić information content (AvgIpc) is 3.45. The summed E-state index contributed by atoms with van der Waals surface area (Å²) in [5.41, 5.74) is 9.29. The quantitative estimate of drug-likeness (QED) is 0.631. The number of hydrogen-bond donors (Lipinski definition) is 1. The first kappa shape index (κ1) is 20.5. The van der Waals surface area contributed by atoms with E-state index < -0.39 is 6.04 Å². The smallest absolute Gasteiger partial charge is 0.244 e. The van der Waals surface area contributed by atoms with Gasteiger partial charge in [-0.05, 0) is 49.9 Å². The van der Waals surface area contributed by atoms with Crippen LogP contribution in [0.4, 0.5) is 10.8 Å². The molecule has 1 fully saturated rings. The number of pyridine rings is 1. The highest BCUT2D eigenvalue weighted by Crippen LogP contribution is 2.28. The maximum atomic E-state index is 13.4. The molecule has 3 aromatic rings. The Kier molecular flexibility index (Phi) is 6.40. The van der Waals surface area contributed by atoms with Crippen molar-refractivity contribution in [1.82, 2.24) is 9.97 Å². The van der Waals surface area contributed by atoms with Gasteiger partial charge < -0.3 is 15.5 Å².